The van der Waals surface area contributed by atoms with Crippen molar-refractivity contribution in [2.24, 2.45) is 7.05 Å². The highest BCUT2D eigenvalue weighted by Gasteiger charge is 2.19. The zero-order valence-corrected chi connectivity index (χ0v) is 6.42. The molecular formula is C7H12N2O. The lowest BCUT2D eigenvalue weighted by molar-refractivity contribution is 0.0658. The van der Waals surface area contributed by atoms with E-state index in [9.17, 15) is 5.11 Å². The van der Waals surface area contributed by atoms with Crippen LogP contribution in [0.2, 0.25) is 0 Å². The van der Waals surface area contributed by atoms with Gasteiger partial charge in [-0.2, -0.15) is 0 Å². The number of rotatable bonds is 1. The summed E-state index contributed by atoms with van der Waals surface area (Å²) in [6, 6.07) is 0. The lowest BCUT2D eigenvalue weighted by Gasteiger charge is -2.15. The summed E-state index contributed by atoms with van der Waals surface area (Å²) < 4.78 is 8.85. The van der Waals surface area contributed by atoms with E-state index in [1.807, 2.05) is 0 Å². The van der Waals surface area contributed by atoms with Crippen LogP contribution in [0.1, 0.15) is 21.0 Å². The average Bonchev–Trinajstić information content (AvgIpc) is 2.08. The zero-order valence-electron chi connectivity index (χ0n) is 7.42. The Morgan fingerprint density at radius 1 is 1.80 bits per heavy atom. The first-order chi connectivity index (χ1) is 4.91. The first-order valence-corrected chi connectivity index (χ1v) is 3.14. The molecule has 0 fully saturated rings. The van der Waals surface area contributed by atoms with Gasteiger partial charge in [-0.25, -0.2) is 4.98 Å². The van der Waals surface area contributed by atoms with Crippen molar-refractivity contribution in [3.8, 4) is 0 Å². The summed E-state index contributed by atoms with van der Waals surface area (Å²) >= 11 is 0. The van der Waals surface area contributed by atoms with Crippen LogP contribution in [0.15, 0.2) is 12.4 Å². The summed E-state index contributed by atoms with van der Waals surface area (Å²) in [4.78, 5) is 3.86. The largest absolute Gasteiger partial charge is 0.383 e. The maximum atomic E-state index is 9.52. The number of hydrogen-bond acceptors (Lipinski definition) is 2. The van der Waals surface area contributed by atoms with Gasteiger partial charge in [0, 0.05) is 19.4 Å². The highest BCUT2D eigenvalue weighted by Crippen LogP contribution is 2.15. The Hall–Kier alpha value is -0.830. The minimum absolute atomic E-state index is 0.185. The SMILES string of the molecule is [2H]c1cn(C)c(C(C)(C)O)n1. The molecule has 1 aromatic rings. The number of aromatic nitrogens is 2. The van der Waals surface area contributed by atoms with Crippen LogP contribution in [0, 0.1) is 0 Å². The second-order valence-electron chi connectivity index (χ2n) is 2.86. The molecule has 0 aliphatic carbocycles. The van der Waals surface area contributed by atoms with Gasteiger partial charge in [0.2, 0.25) is 0 Å². The molecule has 0 saturated carbocycles. The summed E-state index contributed by atoms with van der Waals surface area (Å²) in [6.07, 6.45) is 1.75. The summed E-state index contributed by atoms with van der Waals surface area (Å²) in [5.74, 6) is 0.516. The maximum absolute atomic E-state index is 9.52. The smallest absolute Gasteiger partial charge is 0.139 e. The summed E-state index contributed by atoms with van der Waals surface area (Å²) in [5.41, 5.74) is -0.964. The minimum atomic E-state index is -0.964. The fraction of sp³-hybridized carbons (Fsp3) is 0.571. The topological polar surface area (TPSA) is 38.0 Å². The van der Waals surface area contributed by atoms with Crippen LogP contribution in [-0.2, 0) is 12.6 Å². The number of nitrogens with zero attached hydrogens (tertiary/aromatic N) is 2. The molecule has 10 heavy (non-hydrogen) atoms. The molecule has 0 bridgehead atoms. The molecule has 0 saturated heterocycles. The van der Waals surface area contributed by atoms with E-state index in [1.54, 1.807) is 31.7 Å². The van der Waals surface area contributed by atoms with Crippen molar-refractivity contribution in [3.63, 3.8) is 0 Å². The molecule has 0 unspecified atom stereocenters. The predicted octanol–water partition coefficient (Wildman–Crippen LogP) is 0.647. The van der Waals surface area contributed by atoms with Crippen LogP contribution >= 0.6 is 0 Å². The molecule has 1 rings (SSSR count). The van der Waals surface area contributed by atoms with Crippen LogP contribution in [0.4, 0.5) is 0 Å². The molecule has 0 aliphatic heterocycles. The fourth-order valence-corrected chi connectivity index (χ4v) is 0.885. The van der Waals surface area contributed by atoms with E-state index in [0.29, 0.717) is 5.82 Å². The van der Waals surface area contributed by atoms with Crippen molar-refractivity contribution in [3.05, 3.63) is 18.2 Å². The van der Waals surface area contributed by atoms with E-state index in [1.165, 1.54) is 0 Å². The molecule has 0 spiro atoms. The average molecular weight is 141 g/mol. The van der Waals surface area contributed by atoms with Gasteiger partial charge in [-0.15, -0.1) is 0 Å². The van der Waals surface area contributed by atoms with Crippen molar-refractivity contribution in [1.82, 2.24) is 9.55 Å². The van der Waals surface area contributed by atoms with E-state index in [2.05, 4.69) is 4.98 Å². The van der Waals surface area contributed by atoms with Crippen LogP contribution in [0.3, 0.4) is 0 Å². The molecule has 3 nitrogen and oxygen atoms in total. The van der Waals surface area contributed by atoms with Crippen molar-refractivity contribution in [2.45, 2.75) is 19.4 Å². The highest BCUT2D eigenvalue weighted by molar-refractivity contribution is 5.00. The molecule has 3 heteroatoms. The molecular weight excluding hydrogens is 128 g/mol. The molecule has 1 aromatic heterocycles. The van der Waals surface area contributed by atoms with E-state index in [0.717, 1.165) is 0 Å². The predicted molar refractivity (Wildman–Crippen MR) is 38.5 cm³/mol. The first kappa shape index (κ1) is 5.92. The Labute approximate surface area is 61.7 Å². The van der Waals surface area contributed by atoms with Gasteiger partial charge in [0.15, 0.2) is 0 Å². The van der Waals surface area contributed by atoms with E-state index in [4.69, 9.17) is 1.37 Å². The Balaban J connectivity index is 3.13. The maximum Gasteiger partial charge on any atom is 0.139 e. The number of aliphatic hydroxyl groups is 1. The third kappa shape index (κ3) is 1.19. The van der Waals surface area contributed by atoms with Crippen molar-refractivity contribution in [1.29, 1.82) is 0 Å². The van der Waals surface area contributed by atoms with Crippen molar-refractivity contribution >= 4 is 0 Å². The van der Waals surface area contributed by atoms with Crippen LogP contribution in [0.5, 0.6) is 0 Å². The van der Waals surface area contributed by atoms with Gasteiger partial charge >= 0.3 is 0 Å². The lowest BCUT2D eigenvalue weighted by atomic mass is 10.1. The number of aryl methyl sites for hydroxylation is 1. The van der Waals surface area contributed by atoms with Gasteiger partial charge in [0.25, 0.3) is 0 Å². The van der Waals surface area contributed by atoms with Crippen molar-refractivity contribution in [2.75, 3.05) is 0 Å². The van der Waals surface area contributed by atoms with E-state index >= 15 is 0 Å². The van der Waals surface area contributed by atoms with E-state index < -0.39 is 5.60 Å². The second-order valence-corrected chi connectivity index (χ2v) is 2.86. The highest BCUT2D eigenvalue weighted by atomic mass is 16.3. The van der Waals surface area contributed by atoms with Gasteiger partial charge in [0.05, 0.1) is 1.37 Å². The quantitative estimate of drug-likeness (QED) is 0.623. The molecule has 0 radical (unpaired) electrons. The second kappa shape index (κ2) is 2.09. The van der Waals surface area contributed by atoms with Gasteiger partial charge in [-0.3, -0.25) is 0 Å². The molecule has 1 heterocycles. The Bertz CT molecular complexity index is 262. The Kier molecular flexibility index (Phi) is 1.24. The lowest BCUT2D eigenvalue weighted by Crippen LogP contribution is -2.20. The summed E-state index contributed by atoms with van der Waals surface area (Å²) in [6.45, 7) is 3.30. The molecule has 0 aromatic carbocycles. The van der Waals surface area contributed by atoms with Gasteiger partial charge < -0.3 is 9.67 Å². The Morgan fingerprint density at radius 3 is 2.60 bits per heavy atom. The third-order valence-electron chi connectivity index (χ3n) is 1.30. The van der Waals surface area contributed by atoms with Crippen LogP contribution < -0.4 is 0 Å². The normalized spacial score (nSPS) is 13.4. The van der Waals surface area contributed by atoms with Gasteiger partial charge in [0.1, 0.15) is 11.4 Å². The fourth-order valence-electron chi connectivity index (χ4n) is 0.885. The Morgan fingerprint density at radius 2 is 2.40 bits per heavy atom. The summed E-state index contributed by atoms with van der Waals surface area (Å²) in [5, 5.41) is 9.52. The van der Waals surface area contributed by atoms with Crippen molar-refractivity contribution < 1.29 is 6.48 Å². The molecule has 1 N–H and O–H groups in total. The summed E-state index contributed by atoms with van der Waals surface area (Å²) in [7, 11) is 1.76. The third-order valence-corrected chi connectivity index (χ3v) is 1.30. The van der Waals surface area contributed by atoms with Gasteiger partial charge in [-0.1, -0.05) is 0 Å². The standard InChI is InChI=1S/C7H12N2O/c1-7(2,10)6-8-4-5-9(6)3/h4-5,10H,1-3H3/i4D. The zero-order chi connectivity index (χ0) is 8.65. The molecule has 0 amide bonds. The van der Waals surface area contributed by atoms with E-state index in [-0.39, 0.29) is 6.17 Å². The molecule has 0 aliphatic rings. The molecule has 56 valence electrons. The van der Waals surface area contributed by atoms with Gasteiger partial charge in [-0.05, 0) is 13.8 Å². The number of hydrogen-bond donors (Lipinski definition) is 1. The first-order valence-electron chi connectivity index (χ1n) is 3.64. The molecule has 0 atom stereocenters. The minimum Gasteiger partial charge on any atom is -0.383 e. The van der Waals surface area contributed by atoms with Crippen LogP contribution in [-0.4, -0.2) is 14.7 Å². The number of imidazole rings is 1. The van der Waals surface area contributed by atoms with Crippen LogP contribution in [0.25, 0.3) is 0 Å². The monoisotopic (exact) mass is 141 g/mol.